The molecule has 2 heterocycles. The molecule has 0 spiro atoms. The van der Waals surface area contributed by atoms with Gasteiger partial charge in [0.25, 0.3) is 0 Å². The van der Waals surface area contributed by atoms with Crippen LogP contribution < -0.4 is 20.3 Å². The largest absolute Gasteiger partial charge is 0.494 e. The molecule has 1 aromatic heterocycles. The Morgan fingerprint density at radius 2 is 2.03 bits per heavy atom. The maximum atomic E-state index is 12.8. The first-order valence-electron chi connectivity index (χ1n) is 11.7. The van der Waals surface area contributed by atoms with Crippen molar-refractivity contribution in [3.8, 4) is 5.75 Å². The maximum absolute atomic E-state index is 12.8. The number of aliphatic hydroxyl groups excluding tert-OH is 1. The van der Waals surface area contributed by atoms with E-state index in [0.29, 0.717) is 37.7 Å². The van der Waals surface area contributed by atoms with Crippen molar-refractivity contribution in [2.24, 2.45) is 0 Å². The van der Waals surface area contributed by atoms with Gasteiger partial charge in [-0.25, -0.2) is 4.98 Å². The molecule has 0 radical (unpaired) electrons. The highest BCUT2D eigenvalue weighted by Gasteiger charge is 2.36. The minimum absolute atomic E-state index is 0.00714. The van der Waals surface area contributed by atoms with Crippen LogP contribution in [0.4, 0.5) is 11.5 Å². The summed E-state index contributed by atoms with van der Waals surface area (Å²) in [5.74, 6) is 1.16. The topological polar surface area (TPSA) is 130 Å². The molecule has 186 valence electrons. The zero-order chi connectivity index (χ0) is 24.0. The van der Waals surface area contributed by atoms with Crippen molar-refractivity contribution in [1.29, 1.82) is 0 Å². The van der Waals surface area contributed by atoms with Crippen molar-refractivity contribution in [2.45, 2.75) is 38.1 Å². The number of rotatable bonds is 12. The number of hydrogen-bond donors (Lipinski definition) is 3. The van der Waals surface area contributed by atoms with E-state index in [9.17, 15) is 8.42 Å². The summed E-state index contributed by atoms with van der Waals surface area (Å²) in [7, 11) is -3.53. The van der Waals surface area contributed by atoms with E-state index in [1.54, 1.807) is 12.1 Å². The zero-order valence-electron chi connectivity index (χ0n) is 19.2. The Morgan fingerprint density at radius 3 is 2.85 bits per heavy atom. The Kier molecular flexibility index (Phi) is 8.22. The molecular formula is C23H33N5O5S. The van der Waals surface area contributed by atoms with Gasteiger partial charge in [0, 0.05) is 31.9 Å². The molecule has 0 amide bonds. The lowest BCUT2D eigenvalue weighted by Crippen LogP contribution is -2.33. The third-order valence-corrected chi connectivity index (χ3v) is 8.11. The first-order chi connectivity index (χ1) is 16.5. The summed E-state index contributed by atoms with van der Waals surface area (Å²) in [4.78, 5) is 9.18. The minimum atomic E-state index is -3.53. The minimum Gasteiger partial charge on any atom is -0.494 e. The number of aliphatic hydroxyl groups is 1. The Hall–Kier alpha value is -2.44. The van der Waals surface area contributed by atoms with Gasteiger partial charge in [0.05, 0.1) is 31.5 Å². The molecule has 2 aliphatic rings. The predicted molar refractivity (Wildman–Crippen MR) is 130 cm³/mol. The molecule has 4 N–H and O–H groups in total. The smallest absolute Gasteiger partial charge is 0.304 e. The number of nitrogens with zero attached hydrogens (tertiary/aromatic N) is 3. The lowest BCUT2D eigenvalue weighted by Gasteiger charge is -2.20. The first-order valence-corrected chi connectivity index (χ1v) is 13.1. The zero-order valence-corrected chi connectivity index (χ0v) is 20.0. The number of ether oxygens (including phenoxy) is 1. The van der Waals surface area contributed by atoms with Gasteiger partial charge in [-0.15, -0.1) is 0 Å². The molecule has 11 heteroatoms. The quantitative estimate of drug-likeness (QED) is 0.303. The molecule has 1 unspecified atom stereocenters. The van der Waals surface area contributed by atoms with Crippen LogP contribution in [0.25, 0.3) is 0 Å². The number of nitrogen functional groups attached to an aromatic ring is 1. The predicted octanol–water partition coefficient (Wildman–Crippen LogP) is 1.78. The molecule has 0 bridgehead atoms. The Bertz CT molecular complexity index is 1070. The number of nitrogens with one attached hydrogen (secondary N) is 1. The number of pyridine rings is 1. The lowest BCUT2D eigenvalue weighted by molar-refractivity contribution is -0.00361. The fourth-order valence-corrected chi connectivity index (χ4v) is 6.07. The monoisotopic (exact) mass is 491 g/mol. The number of hydrogen-bond acceptors (Lipinski definition) is 8. The van der Waals surface area contributed by atoms with Crippen molar-refractivity contribution >= 4 is 21.7 Å². The Balaban J connectivity index is 1.17. The van der Waals surface area contributed by atoms with Gasteiger partial charge < -0.3 is 15.6 Å². The second kappa shape index (κ2) is 11.3. The molecule has 0 saturated carbocycles. The molecule has 2 aromatic rings. The van der Waals surface area contributed by atoms with Crippen LogP contribution in [0.15, 0.2) is 36.5 Å². The maximum Gasteiger partial charge on any atom is 0.304 e. The lowest BCUT2D eigenvalue weighted by atomic mass is 10.1. The highest BCUT2D eigenvalue weighted by molar-refractivity contribution is 7.90. The Labute approximate surface area is 200 Å². The molecule has 4 rings (SSSR count). The molecule has 1 aliphatic heterocycles. The summed E-state index contributed by atoms with van der Waals surface area (Å²) in [6.07, 6.45) is 5.95. The van der Waals surface area contributed by atoms with Crippen LogP contribution in [-0.4, -0.2) is 62.3 Å². The number of unbranched alkanes of at least 4 members (excludes halogenated alkanes) is 2. The Morgan fingerprint density at radius 1 is 1.15 bits per heavy atom. The summed E-state index contributed by atoms with van der Waals surface area (Å²) in [6, 6.07) is 9.51. The van der Waals surface area contributed by atoms with Gasteiger partial charge in [0.15, 0.2) is 0 Å². The fraction of sp³-hybridized carbons (Fsp3) is 0.522. The van der Waals surface area contributed by atoms with E-state index in [-0.39, 0.29) is 19.3 Å². The van der Waals surface area contributed by atoms with Crippen LogP contribution in [0.2, 0.25) is 0 Å². The van der Waals surface area contributed by atoms with Gasteiger partial charge in [-0.3, -0.25) is 9.14 Å². The van der Waals surface area contributed by atoms with Gasteiger partial charge >= 0.3 is 10.2 Å². The average Bonchev–Trinajstić information content (AvgIpc) is 3.35. The summed E-state index contributed by atoms with van der Waals surface area (Å²) in [5, 5.41) is 8.83. The van der Waals surface area contributed by atoms with Crippen molar-refractivity contribution in [3.63, 3.8) is 0 Å². The molecule has 10 nitrogen and oxygen atoms in total. The standard InChI is InChI=1S/C23H33N5O5S/c24-23-17-19(8-9-25-23)28-12-11-27(34(28,30)31)10-2-1-3-14-32-20-5-6-21-18(16-20)4-7-22(21)26-33-15-13-29/h5-6,8-9,16-17,22,26,29H,1-4,7,10-15H2,(H2,24,25). The fourth-order valence-electron chi connectivity index (χ4n) is 4.42. The number of nitrogens with two attached hydrogens (primary N) is 1. The van der Waals surface area contributed by atoms with Gasteiger partial charge in [0.2, 0.25) is 0 Å². The normalized spacial score (nSPS) is 19.4. The molecule has 1 saturated heterocycles. The van der Waals surface area contributed by atoms with Gasteiger partial charge in [-0.1, -0.05) is 6.07 Å². The van der Waals surface area contributed by atoms with Crippen LogP contribution in [-0.2, 0) is 21.5 Å². The number of anilines is 2. The van der Waals surface area contributed by atoms with Crippen LogP contribution in [0.5, 0.6) is 5.75 Å². The third-order valence-electron chi connectivity index (χ3n) is 6.14. The average molecular weight is 492 g/mol. The molecule has 34 heavy (non-hydrogen) atoms. The second-order valence-corrected chi connectivity index (χ2v) is 10.3. The highest BCUT2D eigenvalue weighted by atomic mass is 32.2. The molecule has 1 aliphatic carbocycles. The number of aryl methyl sites for hydroxylation is 1. The summed E-state index contributed by atoms with van der Waals surface area (Å²) < 4.78 is 34.5. The van der Waals surface area contributed by atoms with Crippen molar-refractivity contribution in [2.75, 3.05) is 49.5 Å². The first kappa shape index (κ1) is 24.7. The van der Waals surface area contributed by atoms with Crippen LogP contribution >= 0.6 is 0 Å². The number of aromatic nitrogens is 1. The molecule has 1 aromatic carbocycles. The second-order valence-electron chi connectivity index (χ2n) is 8.47. The van der Waals surface area contributed by atoms with Crippen molar-refractivity contribution < 1.29 is 23.1 Å². The van der Waals surface area contributed by atoms with Crippen LogP contribution in [0, 0.1) is 0 Å². The molecule has 1 fully saturated rings. The number of hydroxylamine groups is 1. The van der Waals surface area contributed by atoms with E-state index in [1.165, 1.54) is 25.9 Å². The summed E-state index contributed by atoms with van der Waals surface area (Å²) in [5.41, 5.74) is 11.7. The number of fused-ring (bicyclic) bond motifs is 1. The summed E-state index contributed by atoms with van der Waals surface area (Å²) in [6.45, 7) is 2.23. The molecule has 1 atom stereocenters. The molecular weight excluding hydrogens is 458 g/mol. The van der Waals surface area contributed by atoms with Crippen LogP contribution in [0.1, 0.15) is 42.9 Å². The summed E-state index contributed by atoms with van der Waals surface area (Å²) >= 11 is 0. The van der Waals surface area contributed by atoms with E-state index in [4.69, 9.17) is 20.4 Å². The van der Waals surface area contributed by atoms with E-state index in [2.05, 4.69) is 22.6 Å². The van der Waals surface area contributed by atoms with E-state index in [1.807, 2.05) is 6.07 Å². The van der Waals surface area contributed by atoms with Crippen molar-refractivity contribution in [3.05, 3.63) is 47.7 Å². The third kappa shape index (κ3) is 5.78. The van der Waals surface area contributed by atoms with E-state index >= 15 is 0 Å². The van der Waals surface area contributed by atoms with E-state index in [0.717, 1.165) is 37.9 Å². The number of benzene rings is 1. The van der Waals surface area contributed by atoms with Crippen molar-refractivity contribution in [1.82, 2.24) is 14.8 Å². The van der Waals surface area contributed by atoms with E-state index < -0.39 is 10.2 Å². The van der Waals surface area contributed by atoms with Gasteiger partial charge in [-0.05, 0) is 61.4 Å². The SMILES string of the molecule is Nc1cc(N2CCN(CCCCCOc3ccc4c(c3)CCC4NOCCO)S2(=O)=O)ccn1. The van der Waals surface area contributed by atoms with Gasteiger partial charge in [0.1, 0.15) is 11.6 Å². The van der Waals surface area contributed by atoms with Crippen LogP contribution in [0.3, 0.4) is 0 Å². The highest BCUT2D eigenvalue weighted by Crippen LogP contribution is 2.33. The van der Waals surface area contributed by atoms with Gasteiger partial charge in [-0.2, -0.15) is 18.2 Å².